The molecule has 4 aromatic rings. The van der Waals surface area contributed by atoms with Gasteiger partial charge < -0.3 is 10.2 Å². The van der Waals surface area contributed by atoms with Crippen LogP contribution in [-0.4, -0.2) is 43.8 Å². The number of sulfonamides is 1. The minimum absolute atomic E-state index is 0.00361. The molecule has 1 N–H and O–H groups in total. The summed E-state index contributed by atoms with van der Waals surface area (Å²) in [4.78, 5) is 29.7. The molecule has 0 aromatic heterocycles. The van der Waals surface area contributed by atoms with E-state index in [4.69, 9.17) is 23.2 Å². The summed E-state index contributed by atoms with van der Waals surface area (Å²) in [5.74, 6) is -0.920. The van der Waals surface area contributed by atoms with Crippen LogP contribution in [0, 0.1) is 6.92 Å². The highest BCUT2D eigenvalue weighted by Crippen LogP contribution is 2.31. The lowest BCUT2D eigenvalue weighted by Gasteiger charge is -2.34. The number of carbonyl (C=O) groups excluding carboxylic acids is 2. The molecule has 0 aliphatic rings. The number of aryl methyl sites for hydroxylation is 1. The topological polar surface area (TPSA) is 86.8 Å². The third-order valence-corrected chi connectivity index (χ3v) is 10.0. The summed E-state index contributed by atoms with van der Waals surface area (Å²) in [5.41, 5.74) is 2.65. The second-order valence-corrected chi connectivity index (χ2v) is 14.5. The zero-order chi connectivity index (χ0) is 32.7. The van der Waals surface area contributed by atoms with Gasteiger partial charge in [-0.2, -0.15) is 0 Å². The molecule has 0 fully saturated rings. The number of halogens is 3. The fourth-order valence-corrected chi connectivity index (χ4v) is 6.92. The van der Waals surface area contributed by atoms with E-state index in [-0.39, 0.29) is 45.5 Å². The van der Waals surface area contributed by atoms with Crippen LogP contribution in [-0.2, 0) is 32.6 Å². The molecule has 4 aromatic carbocycles. The van der Waals surface area contributed by atoms with Gasteiger partial charge in [0.15, 0.2) is 0 Å². The van der Waals surface area contributed by atoms with Gasteiger partial charge in [-0.25, -0.2) is 8.42 Å². The lowest BCUT2D eigenvalue weighted by molar-refractivity contribution is -0.140. The van der Waals surface area contributed by atoms with Gasteiger partial charge in [-0.15, -0.1) is 0 Å². The van der Waals surface area contributed by atoms with Gasteiger partial charge in [0.25, 0.3) is 10.0 Å². The Morgan fingerprint density at radius 1 is 0.844 bits per heavy atom. The SMILES string of the molecule is Cc1ccc(S(=O)(=O)N(CC(=O)N(Cc2cccc(Br)c2)[C@H](Cc2ccccc2)C(=O)NC(C)C)c2ccc(Cl)c(Cl)c2)cc1. The highest BCUT2D eigenvalue weighted by molar-refractivity contribution is 9.10. The summed E-state index contributed by atoms with van der Waals surface area (Å²) < 4.78 is 30.1. The van der Waals surface area contributed by atoms with E-state index in [1.54, 1.807) is 12.1 Å². The number of amides is 2. The van der Waals surface area contributed by atoms with Crippen LogP contribution in [0.2, 0.25) is 10.0 Å². The number of nitrogens with one attached hydrogen (secondary N) is 1. The molecule has 2 amide bonds. The second kappa shape index (κ2) is 15.3. The standard InChI is InChI=1S/C34H34BrCl2N3O4S/c1-23(2)38-34(42)32(19-25-8-5-4-6-9-25)39(21-26-10-7-11-27(35)18-26)33(41)22-40(28-14-17-30(36)31(37)20-28)45(43,44)29-15-12-24(3)13-16-29/h4-18,20,23,32H,19,21-22H2,1-3H3,(H,38,42)/t32-/m1/s1. The fourth-order valence-electron chi connectivity index (χ4n) is 4.77. The molecule has 0 bridgehead atoms. The van der Waals surface area contributed by atoms with E-state index in [0.717, 1.165) is 25.5 Å². The Hall–Kier alpha value is -3.37. The number of nitrogens with zero attached hydrogens (tertiary/aromatic N) is 2. The van der Waals surface area contributed by atoms with E-state index in [1.807, 2.05) is 75.4 Å². The van der Waals surface area contributed by atoms with Gasteiger partial charge in [0.1, 0.15) is 12.6 Å². The van der Waals surface area contributed by atoms with Gasteiger partial charge in [-0.05, 0) is 74.4 Å². The number of hydrogen-bond acceptors (Lipinski definition) is 4. The van der Waals surface area contributed by atoms with Crippen molar-refractivity contribution >= 4 is 66.7 Å². The Labute approximate surface area is 283 Å². The molecule has 0 heterocycles. The van der Waals surface area contributed by atoms with Gasteiger partial charge in [-0.3, -0.25) is 13.9 Å². The first-order valence-corrected chi connectivity index (χ1v) is 17.3. The first kappa shape index (κ1) is 34.5. The number of anilines is 1. The van der Waals surface area contributed by atoms with Crippen LogP contribution in [0.1, 0.15) is 30.5 Å². The van der Waals surface area contributed by atoms with Crippen molar-refractivity contribution in [2.75, 3.05) is 10.8 Å². The molecule has 0 aliphatic heterocycles. The molecular formula is C34H34BrCl2N3O4S. The van der Waals surface area contributed by atoms with Crippen molar-refractivity contribution in [3.63, 3.8) is 0 Å². The molecule has 0 unspecified atom stereocenters. The van der Waals surface area contributed by atoms with Crippen molar-refractivity contribution in [3.05, 3.63) is 128 Å². The second-order valence-electron chi connectivity index (χ2n) is 10.9. The van der Waals surface area contributed by atoms with Crippen molar-refractivity contribution < 1.29 is 18.0 Å². The molecule has 0 saturated heterocycles. The van der Waals surface area contributed by atoms with Crippen molar-refractivity contribution in [2.24, 2.45) is 0 Å². The van der Waals surface area contributed by atoms with Crippen molar-refractivity contribution in [2.45, 2.75) is 50.7 Å². The maximum Gasteiger partial charge on any atom is 0.264 e. The predicted molar refractivity (Wildman–Crippen MR) is 184 cm³/mol. The zero-order valence-corrected chi connectivity index (χ0v) is 29.0. The third-order valence-electron chi connectivity index (χ3n) is 7.02. The molecule has 1 atom stereocenters. The van der Waals surface area contributed by atoms with Gasteiger partial charge >= 0.3 is 0 Å². The van der Waals surface area contributed by atoms with E-state index in [0.29, 0.717) is 0 Å². The molecule has 0 radical (unpaired) electrons. The number of benzene rings is 4. The Bertz CT molecular complexity index is 1750. The number of hydrogen-bond donors (Lipinski definition) is 1. The van der Waals surface area contributed by atoms with Crippen molar-refractivity contribution in [3.8, 4) is 0 Å². The third kappa shape index (κ3) is 9.10. The fraction of sp³-hybridized carbons (Fsp3) is 0.235. The Balaban J connectivity index is 1.82. The van der Waals surface area contributed by atoms with Gasteiger partial charge in [0.05, 0.1) is 20.6 Å². The first-order chi connectivity index (χ1) is 21.3. The molecule has 4 rings (SSSR count). The molecule has 7 nitrogen and oxygen atoms in total. The number of rotatable bonds is 12. The van der Waals surface area contributed by atoms with Crippen LogP contribution in [0.5, 0.6) is 0 Å². The smallest absolute Gasteiger partial charge is 0.264 e. The largest absolute Gasteiger partial charge is 0.352 e. The van der Waals surface area contributed by atoms with Gasteiger partial charge in [-0.1, -0.05) is 99.3 Å². The average molecular weight is 732 g/mol. The Morgan fingerprint density at radius 2 is 1.51 bits per heavy atom. The normalized spacial score (nSPS) is 12.1. The molecule has 45 heavy (non-hydrogen) atoms. The zero-order valence-electron chi connectivity index (χ0n) is 25.1. The average Bonchev–Trinajstić information content (AvgIpc) is 2.99. The highest BCUT2D eigenvalue weighted by Gasteiger charge is 2.35. The first-order valence-electron chi connectivity index (χ1n) is 14.3. The Morgan fingerprint density at radius 3 is 2.13 bits per heavy atom. The summed E-state index contributed by atoms with van der Waals surface area (Å²) in [6, 6.07) is 26.4. The Kier molecular flexibility index (Phi) is 11.7. The quantitative estimate of drug-likeness (QED) is 0.164. The monoisotopic (exact) mass is 729 g/mol. The summed E-state index contributed by atoms with van der Waals surface area (Å²) in [5, 5.41) is 3.32. The lowest BCUT2D eigenvalue weighted by Crippen LogP contribution is -2.54. The lowest BCUT2D eigenvalue weighted by atomic mass is 10.0. The summed E-state index contributed by atoms with van der Waals surface area (Å²) in [6.45, 7) is 5.01. The van der Waals surface area contributed by atoms with Crippen LogP contribution in [0.25, 0.3) is 0 Å². The van der Waals surface area contributed by atoms with Crippen molar-refractivity contribution in [1.82, 2.24) is 10.2 Å². The summed E-state index contributed by atoms with van der Waals surface area (Å²) in [6.07, 6.45) is 0.219. The van der Waals surface area contributed by atoms with Gasteiger partial charge in [0, 0.05) is 23.5 Å². The molecule has 0 spiro atoms. The molecule has 0 saturated carbocycles. The van der Waals surface area contributed by atoms with Crippen LogP contribution >= 0.6 is 39.1 Å². The van der Waals surface area contributed by atoms with E-state index >= 15 is 0 Å². The van der Waals surface area contributed by atoms with Crippen LogP contribution in [0.4, 0.5) is 5.69 Å². The molecule has 236 valence electrons. The van der Waals surface area contributed by atoms with E-state index in [2.05, 4.69) is 21.2 Å². The maximum atomic E-state index is 14.5. The maximum absolute atomic E-state index is 14.5. The highest BCUT2D eigenvalue weighted by atomic mass is 79.9. The van der Waals surface area contributed by atoms with Crippen molar-refractivity contribution in [1.29, 1.82) is 0 Å². The minimum atomic E-state index is -4.26. The summed E-state index contributed by atoms with van der Waals surface area (Å²) >= 11 is 16.0. The van der Waals surface area contributed by atoms with Crippen LogP contribution < -0.4 is 9.62 Å². The van der Waals surface area contributed by atoms with Crippen LogP contribution in [0.3, 0.4) is 0 Å². The van der Waals surface area contributed by atoms with E-state index < -0.39 is 28.5 Å². The van der Waals surface area contributed by atoms with E-state index in [1.165, 1.54) is 35.2 Å². The molecule has 0 aliphatic carbocycles. The predicted octanol–water partition coefficient (Wildman–Crippen LogP) is 7.42. The summed E-state index contributed by atoms with van der Waals surface area (Å²) in [7, 11) is -4.26. The minimum Gasteiger partial charge on any atom is -0.352 e. The van der Waals surface area contributed by atoms with E-state index in [9.17, 15) is 18.0 Å². The van der Waals surface area contributed by atoms with Crippen LogP contribution in [0.15, 0.2) is 106 Å². The van der Waals surface area contributed by atoms with Gasteiger partial charge in [0.2, 0.25) is 11.8 Å². The molecule has 11 heteroatoms. The molecular weight excluding hydrogens is 697 g/mol. The number of carbonyl (C=O) groups is 2.